The molecule has 0 bridgehead atoms. The molecule has 1 saturated carbocycles. The largest absolute Gasteiger partial charge is 0.338 e. The van der Waals surface area contributed by atoms with E-state index in [0.29, 0.717) is 12.6 Å². The zero-order valence-corrected chi connectivity index (χ0v) is 12.7. The Labute approximate surface area is 123 Å². The van der Waals surface area contributed by atoms with Gasteiger partial charge in [-0.1, -0.05) is 47.3 Å². The van der Waals surface area contributed by atoms with Crippen LogP contribution in [0, 0.1) is 0 Å². The maximum absolute atomic E-state index is 11.7. The molecule has 19 heavy (non-hydrogen) atoms. The molecule has 2 rings (SSSR count). The van der Waals surface area contributed by atoms with E-state index in [1.807, 2.05) is 12.1 Å². The molecule has 1 aromatic carbocycles. The number of urea groups is 1. The smallest absolute Gasteiger partial charge is 0.315 e. The van der Waals surface area contributed by atoms with Crippen LogP contribution in [-0.2, 0) is 6.42 Å². The molecule has 2 amide bonds. The lowest BCUT2D eigenvalue weighted by molar-refractivity contribution is 0.233. The van der Waals surface area contributed by atoms with Gasteiger partial charge >= 0.3 is 6.03 Å². The van der Waals surface area contributed by atoms with Crippen LogP contribution in [0.25, 0.3) is 0 Å². The number of halogens is 1. The molecule has 0 unspecified atom stereocenters. The molecule has 3 nitrogen and oxygen atoms in total. The van der Waals surface area contributed by atoms with Crippen molar-refractivity contribution in [3.05, 3.63) is 34.3 Å². The standard InChI is InChI=1S/C15H21BrN2O/c16-13-8-6-12(7-9-13)10-11-17-15(19)18-14-4-2-1-3-5-14/h6-9,14H,1-5,10-11H2,(H2,17,18,19). The molecular formula is C15H21BrN2O. The van der Waals surface area contributed by atoms with Gasteiger partial charge in [0.05, 0.1) is 0 Å². The van der Waals surface area contributed by atoms with E-state index in [9.17, 15) is 4.79 Å². The molecule has 1 fully saturated rings. The highest BCUT2D eigenvalue weighted by Crippen LogP contribution is 2.17. The molecule has 0 atom stereocenters. The lowest BCUT2D eigenvalue weighted by Crippen LogP contribution is -2.43. The minimum Gasteiger partial charge on any atom is -0.338 e. The van der Waals surface area contributed by atoms with Gasteiger partial charge in [0.25, 0.3) is 0 Å². The van der Waals surface area contributed by atoms with E-state index in [-0.39, 0.29) is 6.03 Å². The molecule has 2 N–H and O–H groups in total. The quantitative estimate of drug-likeness (QED) is 0.872. The number of amides is 2. The van der Waals surface area contributed by atoms with E-state index in [1.165, 1.54) is 24.8 Å². The molecule has 0 spiro atoms. The Kier molecular flexibility index (Phi) is 5.70. The summed E-state index contributed by atoms with van der Waals surface area (Å²) in [7, 11) is 0. The van der Waals surface area contributed by atoms with Crippen LogP contribution in [0.1, 0.15) is 37.7 Å². The van der Waals surface area contributed by atoms with Gasteiger partial charge in [-0.25, -0.2) is 4.79 Å². The van der Waals surface area contributed by atoms with Gasteiger partial charge in [-0.05, 0) is 37.0 Å². The number of hydrogen-bond donors (Lipinski definition) is 2. The third-order valence-corrected chi connectivity index (χ3v) is 4.08. The maximum atomic E-state index is 11.7. The summed E-state index contributed by atoms with van der Waals surface area (Å²) in [4.78, 5) is 11.7. The highest BCUT2D eigenvalue weighted by atomic mass is 79.9. The fourth-order valence-electron chi connectivity index (χ4n) is 2.45. The number of benzene rings is 1. The predicted octanol–water partition coefficient (Wildman–Crippen LogP) is 3.62. The fourth-order valence-corrected chi connectivity index (χ4v) is 2.72. The van der Waals surface area contributed by atoms with Crippen molar-refractivity contribution < 1.29 is 4.79 Å². The van der Waals surface area contributed by atoms with Crippen LogP contribution in [0.4, 0.5) is 4.79 Å². The van der Waals surface area contributed by atoms with Gasteiger partial charge in [0.2, 0.25) is 0 Å². The number of carbonyl (C=O) groups is 1. The predicted molar refractivity (Wildman–Crippen MR) is 81.3 cm³/mol. The maximum Gasteiger partial charge on any atom is 0.315 e. The number of nitrogens with one attached hydrogen (secondary N) is 2. The van der Waals surface area contributed by atoms with E-state index in [1.54, 1.807) is 0 Å². The number of hydrogen-bond acceptors (Lipinski definition) is 1. The lowest BCUT2D eigenvalue weighted by Gasteiger charge is -2.22. The summed E-state index contributed by atoms with van der Waals surface area (Å²) in [5, 5.41) is 5.99. The fraction of sp³-hybridized carbons (Fsp3) is 0.533. The van der Waals surface area contributed by atoms with Crippen LogP contribution in [0.15, 0.2) is 28.7 Å². The zero-order chi connectivity index (χ0) is 13.5. The van der Waals surface area contributed by atoms with Crippen molar-refractivity contribution in [2.75, 3.05) is 6.54 Å². The normalized spacial score (nSPS) is 16.1. The van der Waals surface area contributed by atoms with Crippen molar-refractivity contribution in [1.82, 2.24) is 10.6 Å². The Morgan fingerprint density at radius 2 is 1.84 bits per heavy atom. The summed E-state index contributed by atoms with van der Waals surface area (Å²) in [5.74, 6) is 0. The first kappa shape index (κ1) is 14.4. The van der Waals surface area contributed by atoms with Gasteiger partial charge in [0.15, 0.2) is 0 Å². The van der Waals surface area contributed by atoms with Crippen molar-refractivity contribution in [2.24, 2.45) is 0 Å². The monoisotopic (exact) mass is 324 g/mol. The van der Waals surface area contributed by atoms with Crippen LogP contribution in [-0.4, -0.2) is 18.6 Å². The number of carbonyl (C=O) groups excluding carboxylic acids is 1. The molecule has 0 aliphatic heterocycles. The van der Waals surface area contributed by atoms with Crippen molar-refractivity contribution in [1.29, 1.82) is 0 Å². The molecule has 1 aliphatic carbocycles. The molecule has 0 aromatic heterocycles. The average molecular weight is 325 g/mol. The zero-order valence-electron chi connectivity index (χ0n) is 11.1. The van der Waals surface area contributed by atoms with Crippen molar-refractivity contribution in [2.45, 2.75) is 44.6 Å². The molecular weight excluding hydrogens is 304 g/mol. The summed E-state index contributed by atoms with van der Waals surface area (Å²) in [5.41, 5.74) is 1.24. The second-order valence-electron chi connectivity index (χ2n) is 5.11. The minimum atomic E-state index is -0.0241. The molecule has 104 valence electrons. The van der Waals surface area contributed by atoms with Crippen LogP contribution in [0.2, 0.25) is 0 Å². The second kappa shape index (κ2) is 7.53. The van der Waals surface area contributed by atoms with E-state index in [4.69, 9.17) is 0 Å². The van der Waals surface area contributed by atoms with E-state index in [0.717, 1.165) is 23.7 Å². The highest BCUT2D eigenvalue weighted by molar-refractivity contribution is 9.10. The van der Waals surface area contributed by atoms with Crippen molar-refractivity contribution in [3.63, 3.8) is 0 Å². The molecule has 4 heteroatoms. The van der Waals surface area contributed by atoms with Gasteiger partial charge in [-0.3, -0.25) is 0 Å². The summed E-state index contributed by atoms with van der Waals surface area (Å²) < 4.78 is 1.08. The Balaban J connectivity index is 1.64. The van der Waals surface area contributed by atoms with E-state index in [2.05, 4.69) is 38.7 Å². The topological polar surface area (TPSA) is 41.1 Å². The van der Waals surface area contributed by atoms with Crippen LogP contribution >= 0.6 is 15.9 Å². The van der Waals surface area contributed by atoms with Gasteiger partial charge in [0.1, 0.15) is 0 Å². The van der Waals surface area contributed by atoms with Crippen molar-refractivity contribution >= 4 is 22.0 Å². The lowest BCUT2D eigenvalue weighted by atomic mass is 9.96. The van der Waals surface area contributed by atoms with E-state index >= 15 is 0 Å². The minimum absolute atomic E-state index is 0.0241. The Hall–Kier alpha value is -1.03. The molecule has 1 aliphatic rings. The second-order valence-corrected chi connectivity index (χ2v) is 6.03. The summed E-state index contributed by atoms with van der Waals surface area (Å²) in [6.07, 6.45) is 6.91. The van der Waals surface area contributed by atoms with E-state index < -0.39 is 0 Å². The van der Waals surface area contributed by atoms with Crippen LogP contribution in [0.5, 0.6) is 0 Å². The first-order chi connectivity index (χ1) is 9.24. The first-order valence-electron chi connectivity index (χ1n) is 7.03. The third kappa shape index (κ3) is 5.23. The van der Waals surface area contributed by atoms with Gasteiger partial charge in [-0.15, -0.1) is 0 Å². The third-order valence-electron chi connectivity index (χ3n) is 3.55. The van der Waals surface area contributed by atoms with Gasteiger partial charge in [-0.2, -0.15) is 0 Å². The number of rotatable bonds is 4. The van der Waals surface area contributed by atoms with Crippen LogP contribution in [0.3, 0.4) is 0 Å². The average Bonchev–Trinajstić information content (AvgIpc) is 2.42. The first-order valence-corrected chi connectivity index (χ1v) is 7.82. The molecule has 1 aromatic rings. The Morgan fingerprint density at radius 3 is 2.53 bits per heavy atom. The summed E-state index contributed by atoms with van der Waals surface area (Å²) >= 11 is 3.41. The van der Waals surface area contributed by atoms with Crippen molar-refractivity contribution in [3.8, 4) is 0 Å². The Morgan fingerprint density at radius 1 is 1.16 bits per heavy atom. The van der Waals surface area contributed by atoms with Gasteiger partial charge in [0, 0.05) is 17.1 Å². The summed E-state index contributed by atoms with van der Waals surface area (Å²) in [6.45, 7) is 0.681. The summed E-state index contributed by atoms with van der Waals surface area (Å²) in [6, 6.07) is 8.55. The van der Waals surface area contributed by atoms with Crippen LogP contribution < -0.4 is 10.6 Å². The molecule has 0 heterocycles. The SMILES string of the molecule is O=C(NCCc1ccc(Br)cc1)NC1CCCCC1. The Bertz CT molecular complexity index is 399. The van der Waals surface area contributed by atoms with Gasteiger partial charge < -0.3 is 10.6 Å². The molecule has 0 saturated heterocycles. The highest BCUT2D eigenvalue weighted by Gasteiger charge is 2.14. The molecule has 0 radical (unpaired) electrons.